The lowest BCUT2D eigenvalue weighted by Gasteiger charge is -2.19. The van der Waals surface area contributed by atoms with Gasteiger partial charge in [0.25, 0.3) is 0 Å². The average molecular weight is 565 g/mol. The average Bonchev–Trinajstić information content (AvgIpc) is 2.89. The first-order valence-electron chi connectivity index (χ1n) is 16.0. The summed E-state index contributed by atoms with van der Waals surface area (Å²) in [6.07, 6.45) is 26.2. The molecule has 0 aliphatic carbocycles. The Hall–Kier alpha value is 0.220. The molecular weight excluding hydrogens is 500 g/mol. The summed E-state index contributed by atoms with van der Waals surface area (Å²) in [6, 6.07) is 0. The maximum Gasteiger partial charge on any atom is 0.155 e. The Balaban J connectivity index is 3.85. The fourth-order valence-electron chi connectivity index (χ4n) is 4.96. The molecule has 2 N–H and O–H groups in total. The second-order valence-corrected chi connectivity index (χ2v) is 14.4. The topological polar surface area (TPSA) is 74.6 Å². The predicted octanol–water partition coefficient (Wildman–Crippen LogP) is 8.42. The molecule has 0 aliphatic heterocycles. The largest absolute Gasteiger partial charge is 0.388 e. The lowest BCUT2D eigenvalue weighted by atomic mass is 9.99. The third kappa shape index (κ3) is 23.8. The third-order valence-corrected chi connectivity index (χ3v) is 10.7. The number of hydrogen-bond acceptors (Lipinski definition) is 4. The van der Waals surface area contributed by atoms with Crippen LogP contribution in [0.15, 0.2) is 0 Å². The number of rotatable bonds is 29. The molecule has 5 atom stereocenters. The number of hydrogen-bond donors (Lipinski definition) is 2. The maximum absolute atomic E-state index is 12.6. The number of aliphatic hydroxyl groups is 2. The van der Waals surface area contributed by atoms with Crippen molar-refractivity contribution in [2.24, 2.45) is 5.92 Å². The fraction of sp³-hybridized carbons (Fsp3) is 1.00. The third-order valence-electron chi connectivity index (χ3n) is 7.62. The van der Waals surface area contributed by atoms with Crippen LogP contribution >= 0.6 is 0 Å². The fourth-order valence-corrected chi connectivity index (χ4v) is 7.88. The van der Waals surface area contributed by atoms with E-state index in [0.29, 0.717) is 17.4 Å². The molecule has 224 valence electrons. The minimum atomic E-state index is -1.48. The monoisotopic (exact) mass is 564 g/mol. The summed E-state index contributed by atoms with van der Waals surface area (Å²) >= 11 is 0. The van der Waals surface area contributed by atoms with Crippen LogP contribution in [-0.2, 0) is 21.6 Å². The van der Waals surface area contributed by atoms with Gasteiger partial charge in [-0.15, -0.1) is 0 Å². The van der Waals surface area contributed by atoms with E-state index in [2.05, 4.69) is 20.8 Å². The van der Waals surface area contributed by atoms with Gasteiger partial charge in [-0.05, 0) is 18.8 Å². The quantitative estimate of drug-likeness (QED) is 0.0894. The molecule has 0 saturated heterocycles. The Morgan fingerprint density at radius 1 is 0.541 bits per heavy atom. The molecule has 0 bridgehead atoms. The smallest absolute Gasteiger partial charge is 0.155 e. The second kappa shape index (κ2) is 27.8. The van der Waals surface area contributed by atoms with Gasteiger partial charge in [0.15, 0.2) is 5.44 Å². The zero-order valence-corrected chi connectivity index (χ0v) is 26.6. The zero-order chi connectivity index (χ0) is 27.6. The highest BCUT2D eigenvalue weighted by Gasteiger charge is 2.25. The Kier molecular flexibility index (Phi) is 27.9. The van der Waals surface area contributed by atoms with Gasteiger partial charge in [0, 0.05) is 22.3 Å². The van der Waals surface area contributed by atoms with Crippen molar-refractivity contribution in [3.8, 4) is 0 Å². The van der Waals surface area contributed by atoms with E-state index in [4.69, 9.17) is 0 Å². The molecule has 0 aromatic rings. The molecule has 4 nitrogen and oxygen atoms in total. The molecule has 0 aromatic heterocycles. The minimum Gasteiger partial charge on any atom is -0.388 e. The van der Waals surface area contributed by atoms with E-state index in [1.807, 2.05) is 0 Å². The Bertz CT molecular complexity index is 529. The van der Waals surface area contributed by atoms with Crippen molar-refractivity contribution in [2.75, 3.05) is 17.3 Å². The van der Waals surface area contributed by atoms with E-state index in [1.165, 1.54) is 109 Å². The SMILES string of the molecule is CCCCCCCCCCCCCCS(=O)C(O)C(O)CS(=O)CC(CC)CCCCCCCCCC. The van der Waals surface area contributed by atoms with Crippen LogP contribution < -0.4 is 0 Å². The molecule has 0 radical (unpaired) electrons. The van der Waals surface area contributed by atoms with Crippen molar-refractivity contribution in [1.29, 1.82) is 0 Å². The van der Waals surface area contributed by atoms with Gasteiger partial charge in [-0.3, -0.25) is 8.42 Å². The van der Waals surface area contributed by atoms with Crippen molar-refractivity contribution in [3.63, 3.8) is 0 Å². The predicted molar refractivity (Wildman–Crippen MR) is 165 cm³/mol. The van der Waals surface area contributed by atoms with Gasteiger partial charge in [-0.2, -0.15) is 0 Å². The van der Waals surface area contributed by atoms with Crippen LogP contribution in [0, 0.1) is 5.92 Å². The first-order valence-corrected chi connectivity index (χ1v) is 18.9. The summed E-state index contributed by atoms with van der Waals surface area (Å²) in [7, 11) is -2.67. The summed E-state index contributed by atoms with van der Waals surface area (Å²) in [5.41, 5.74) is -1.29. The molecule has 0 spiro atoms. The zero-order valence-electron chi connectivity index (χ0n) is 24.9. The van der Waals surface area contributed by atoms with Crippen molar-refractivity contribution in [3.05, 3.63) is 0 Å². The first kappa shape index (κ1) is 37.2. The molecule has 0 rings (SSSR count). The van der Waals surface area contributed by atoms with Gasteiger partial charge in [-0.25, -0.2) is 0 Å². The Morgan fingerprint density at radius 3 is 1.38 bits per heavy atom. The van der Waals surface area contributed by atoms with Crippen LogP contribution in [0.5, 0.6) is 0 Å². The first-order chi connectivity index (χ1) is 18.0. The van der Waals surface area contributed by atoms with Gasteiger partial charge in [-0.1, -0.05) is 149 Å². The molecule has 0 heterocycles. The molecule has 37 heavy (non-hydrogen) atoms. The van der Waals surface area contributed by atoms with Gasteiger partial charge >= 0.3 is 0 Å². The molecule has 6 heteroatoms. The Morgan fingerprint density at radius 2 is 0.946 bits per heavy atom. The number of aliphatic hydroxyl groups excluding tert-OH is 2. The normalized spacial score (nSPS) is 15.9. The molecule has 0 aromatic carbocycles. The summed E-state index contributed by atoms with van der Waals surface area (Å²) in [5, 5.41) is 20.6. The van der Waals surface area contributed by atoms with E-state index in [9.17, 15) is 18.6 Å². The molecular formula is C31H64O4S2. The van der Waals surface area contributed by atoms with Gasteiger partial charge in [0.05, 0.1) is 16.6 Å². The molecule has 0 amide bonds. The molecule has 0 saturated carbocycles. The summed E-state index contributed by atoms with van der Waals surface area (Å²) in [4.78, 5) is 0. The van der Waals surface area contributed by atoms with E-state index < -0.39 is 33.1 Å². The van der Waals surface area contributed by atoms with Gasteiger partial charge in [0.1, 0.15) is 6.10 Å². The standard InChI is InChI=1S/C31H64O4S2/c1-4-7-9-11-13-15-16-17-18-20-22-24-26-37(35)31(33)30(32)28-36(34)27-29(6-3)25-23-21-19-14-12-10-8-5-2/h29-33H,4-28H2,1-3H3. The molecule has 0 aliphatic rings. The van der Waals surface area contributed by atoms with Crippen LogP contribution in [0.25, 0.3) is 0 Å². The molecule has 5 unspecified atom stereocenters. The van der Waals surface area contributed by atoms with E-state index in [-0.39, 0.29) is 5.75 Å². The van der Waals surface area contributed by atoms with Crippen LogP contribution in [0.4, 0.5) is 0 Å². The van der Waals surface area contributed by atoms with Crippen LogP contribution in [0.2, 0.25) is 0 Å². The van der Waals surface area contributed by atoms with Crippen molar-refractivity contribution >= 4 is 21.6 Å². The summed E-state index contributed by atoms with van der Waals surface area (Å²) in [6.45, 7) is 6.64. The van der Waals surface area contributed by atoms with E-state index in [1.54, 1.807) is 0 Å². The second-order valence-electron chi connectivity index (χ2n) is 11.2. The van der Waals surface area contributed by atoms with Crippen molar-refractivity contribution in [1.82, 2.24) is 0 Å². The highest BCUT2D eigenvalue weighted by Crippen LogP contribution is 2.18. The van der Waals surface area contributed by atoms with Crippen LogP contribution in [0.3, 0.4) is 0 Å². The number of unbranched alkanes of at least 4 members (excludes halogenated alkanes) is 18. The van der Waals surface area contributed by atoms with E-state index in [0.717, 1.165) is 32.1 Å². The highest BCUT2D eigenvalue weighted by atomic mass is 32.2. The van der Waals surface area contributed by atoms with E-state index >= 15 is 0 Å². The van der Waals surface area contributed by atoms with Crippen molar-refractivity contribution < 1.29 is 18.6 Å². The summed E-state index contributed by atoms with van der Waals surface area (Å²) < 4.78 is 25.0. The van der Waals surface area contributed by atoms with Crippen LogP contribution in [0.1, 0.15) is 162 Å². The highest BCUT2D eigenvalue weighted by molar-refractivity contribution is 7.86. The van der Waals surface area contributed by atoms with Crippen LogP contribution in [-0.4, -0.2) is 47.4 Å². The Labute approximate surface area is 236 Å². The lowest BCUT2D eigenvalue weighted by Crippen LogP contribution is -2.36. The van der Waals surface area contributed by atoms with Gasteiger partial charge in [0.2, 0.25) is 0 Å². The minimum absolute atomic E-state index is 0.0271. The van der Waals surface area contributed by atoms with Crippen molar-refractivity contribution in [2.45, 2.75) is 174 Å². The summed E-state index contributed by atoms with van der Waals surface area (Å²) in [5.74, 6) is 1.41. The maximum atomic E-state index is 12.6. The molecule has 0 fully saturated rings. The van der Waals surface area contributed by atoms with Gasteiger partial charge < -0.3 is 10.2 Å². The lowest BCUT2D eigenvalue weighted by molar-refractivity contribution is 0.0868.